The quantitative estimate of drug-likeness (QED) is 0.925. The third-order valence-electron chi connectivity index (χ3n) is 3.08. The van der Waals surface area contributed by atoms with E-state index < -0.39 is 0 Å². The van der Waals surface area contributed by atoms with Crippen LogP contribution in [0, 0.1) is 11.8 Å². The summed E-state index contributed by atoms with van der Waals surface area (Å²) < 4.78 is 0.849. The van der Waals surface area contributed by atoms with Crippen LogP contribution in [0.3, 0.4) is 0 Å². The van der Waals surface area contributed by atoms with Crippen LogP contribution in [0.15, 0.2) is 3.92 Å². The van der Waals surface area contributed by atoms with E-state index in [4.69, 9.17) is 0 Å². The topological polar surface area (TPSA) is 37.8 Å². The minimum atomic E-state index is 0.823. The summed E-state index contributed by atoms with van der Waals surface area (Å²) in [5, 5.41) is 12.2. The van der Waals surface area contributed by atoms with Crippen LogP contribution in [0.5, 0.6) is 0 Å². The molecule has 0 aliphatic heterocycles. The van der Waals surface area contributed by atoms with E-state index in [0.717, 1.165) is 27.4 Å². The molecule has 3 nitrogen and oxygen atoms in total. The second-order valence-corrected chi connectivity index (χ2v) is 6.62. The molecule has 1 saturated carbocycles. The molecule has 0 amide bonds. The zero-order valence-corrected chi connectivity index (χ0v) is 11.3. The van der Waals surface area contributed by atoms with E-state index in [-0.39, 0.29) is 0 Å². The van der Waals surface area contributed by atoms with Gasteiger partial charge in [-0.25, -0.2) is 0 Å². The standard InChI is InChI=1S/C10H16BrN3S/c1-7-2-4-8(5-3-7)6-12-10-14-13-9(11)15-10/h7-8H,2-6H2,1H3,(H,12,14). The SMILES string of the molecule is CC1CCC(CNc2nnc(Br)s2)CC1. The van der Waals surface area contributed by atoms with Crippen LogP contribution in [0.25, 0.3) is 0 Å². The maximum Gasteiger partial charge on any atom is 0.206 e. The molecule has 1 aromatic heterocycles. The number of nitrogens with zero attached hydrogens (tertiary/aromatic N) is 2. The molecule has 0 aromatic carbocycles. The molecule has 2 rings (SSSR count). The monoisotopic (exact) mass is 289 g/mol. The highest BCUT2D eigenvalue weighted by molar-refractivity contribution is 9.11. The van der Waals surface area contributed by atoms with Gasteiger partial charge in [-0.3, -0.25) is 0 Å². The summed E-state index contributed by atoms with van der Waals surface area (Å²) >= 11 is 4.87. The fraction of sp³-hybridized carbons (Fsp3) is 0.800. The van der Waals surface area contributed by atoms with Gasteiger partial charge >= 0.3 is 0 Å². The van der Waals surface area contributed by atoms with E-state index >= 15 is 0 Å². The lowest BCUT2D eigenvalue weighted by atomic mass is 9.83. The fourth-order valence-electron chi connectivity index (χ4n) is 2.04. The highest BCUT2D eigenvalue weighted by Crippen LogP contribution is 2.29. The minimum absolute atomic E-state index is 0.823. The molecule has 0 saturated heterocycles. The molecule has 0 spiro atoms. The molecule has 1 aromatic rings. The van der Waals surface area contributed by atoms with Crippen molar-refractivity contribution in [2.45, 2.75) is 32.6 Å². The van der Waals surface area contributed by atoms with E-state index in [0.29, 0.717) is 0 Å². The van der Waals surface area contributed by atoms with Crippen molar-refractivity contribution in [1.82, 2.24) is 10.2 Å². The normalized spacial score (nSPS) is 26.5. The second-order valence-electron chi connectivity index (χ2n) is 4.37. The summed E-state index contributed by atoms with van der Waals surface area (Å²) in [6.45, 7) is 3.40. The zero-order chi connectivity index (χ0) is 10.7. The van der Waals surface area contributed by atoms with E-state index in [1.165, 1.54) is 25.7 Å². The summed E-state index contributed by atoms with van der Waals surface area (Å²) in [5.41, 5.74) is 0. The first-order valence-electron chi connectivity index (χ1n) is 5.47. The molecule has 15 heavy (non-hydrogen) atoms. The summed E-state index contributed by atoms with van der Waals surface area (Å²) in [6.07, 6.45) is 5.47. The van der Waals surface area contributed by atoms with Gasteiger partial charge < -0.3 is 5.32 Å². The molecule has 0 radical (unpaired) electrons. The van der Waals surface area contributed by atoms with Gasteiger partial charge in [0.15, 0.2) is 3.92 Å². The molecule has 1 aliphatic rings. The number of halogens is 1. The van der Waals surface area contributed by atoms with E-state index in [1.54, 1.807) is 11.3 Å². The highest BCUT2D eigenvalue weighted by Gasteiger charge is 2.18. The van der Waals surface area contributed by atoms with Crippen LogP contribution in [-0.4, -0.2) is 16.7 Å². The van der Waals surface area contributed by atoms with E-state index in [2.05, 4.69) is 38.4 Å². The Morgan fingerprint density at radius 2 is 2.07 bits per heavy atom. The van der Waals surface area contributed by atoms with Gasteiger partial charge in [-0.15, -0.1) is 10.2 Å². The maximum atomic E-state index is 4.03. The van der Waals surface area contributed by atoms with Crippen molar-refractivity contribution >= 4 is 32.4 Å². The minimum Gasteiger partial charge on any atom is -0.360 e. The second kappa shape index (κ2) is 5.25. The largest absolute Gasteiger partial charge is 0.360 e. The third kappa shape index (κ3) is 3.41. The molecule has 84 valence electrons. The highest BCUT2D eigenvalue weighted by atomic mass is 79.9. The predicted octanol–water partition coefficient (Wildman–Crippen LogP) is 3.54. The molecule has 1 aliphatic carbocycles. The molecule has 0 unspecified atom stereocenters. The number of hydrogen-bond acceptors (Lipinski definition) is 4. The molecule has 1 N–H and O–H groups in total. The first-order valence-corrected chi connectivity index (χ1v) is 7.08. The third-order valence-corrected chi connectivity index (χ3v) is 4.39. The molecule has 5 heteroatoms. The first-order chi connectivity index (χ1) is 7.24. The van der Waals surface area contributed by atoms with Crippen LogP contribution in [0.2, 0.25) is 0 Å². The van der Waals surface area contributed by atoms with Crippen LogP contribution in [0.4, 0.5) is 5.13 Å². The van der Waals surface area contributed by atoms with Crippen molar-refractivity contribution in [2.24, 2.45) is 11.8 Å². The smallest absolute Gasteiger partial charge is 0.206 e. The Balaban J connectivity index is 1.74. The average molecular weight is 290 g/mol. The Morgan fingerprint density at radius 3 is 2.67 bits per heavy atom. The lowest BCUT2D eigenvalue weighted by Gasteiger charge is -2.25. The van der Waals surface area contributed by atoms with Gasteiger partial charge in [0, 0.05) is 6.54 Å². The molecular formula is C10H16BrN3S. The summed E-state index contributed by atoms with van der Waals surface area (Å²) in [6, 6.07) is 0. The van der Waals surface area contributed by atoms with E-state index in [9.17, 15) is 0 Å². The number of nitrogens with one attached hydrogen (secondary N) is 1. The number of aromatic nitrogens is 2. The average Bonchev–Trinajstić information content (AvgIpc) is 2.64. The van der Waals surface area contributed by atoms with Gasteiger partial charge in [0.05, 0.1) is 0 Å². The number of rotatable bonds is 3. The molecule has 0 atom stereocenters. The van der Waals surface area contributed by atoms with Crippen molar-refractivity contribution in [2.75, 3.05) is 11.9 Å². The maximum absolute atomic E-state index is 4.03. The van der Waals surface area contributed by atoms with Gasteiger partial charge in [0.25, 0.3) is 0 Å². The van der Waals surface area contributed by atoms with E-state index in [1.807, 2.05) is 0 Å². The number of anilines is 1. The van der Waals surface area contributed by atoms with Gasteiger partial charge in [0.2, 0.25) is 5.13 Å². The number of hydrogen-bond donors (Lipinski definition) is 1. The fourth-order valence-corrected chi connectivity index (χ4v) is 3.06. The summed E-state index contributed by atoms with van der Waals surface area (Å²) in [7, 11) is 0. The Hall–Kier alpha value is -0.160. The predicted molar refractivity (Wildman–Crippen MR) is 67.2 cm³/mol. The van der Waals surface area contributed by atoms with Crippen molar-refractivity contribution in [1.29, 1.82) is 0 Å². The lowest BCUT2D eigenvalue weighted by Crippen LogP contribution is -2.20. The van der Waals surface area contributed by atoms with Crippen molar-refractivity contribution < 1.29 is 0 Å². The van der Waals surface area contributed by atoms with Crippen LogP contribution >= 0.6 is 27.3 Å². The lowest BCUT2D eigenvalue weighted by molar-refractivity contribution is 0.300. The Bertz CT molecular complexity index is 307. The summed E-state index contributed by atoms with van der Waals surface area (Å²) in [5.74, 6) is 1.75. The Morgan fingerprint density at radius 1 is 1.33 bits per heavy atom. The molecule has 0 bridgehead atoms. The molecule has 1 fully saturated rings. The first kappa shape index (κ1) is 11.3. The van der Waals surface area contributed by atoms with Crippen LogP contribution in [-0.2, 0) is 0 Å². The van der Waals surface area contributed by atoms with Gasteiger partial charge in [-0.05, 0) is 40.6 Å². The Kier molecular flexibility index (Phi) is 3.97. The molecular weight excluding hydrogens is 274 g/mol. The zero-order valence-electron chi connectivity index (χ0n) is 8.87. The van der Waals surface area contributed by atoms with Crippen molar-refractivity contribution in [3.63, 3.8) is 0 Å². The van der Waals surface area contributed by atoms with Crippen molar-refractivity contribution in [3.8, 4) is 0 Å². The van der Waals surface area contributed by atoms with Gasteiger partial charge in [-0.2, -0.15) is 0 Å². The van der Waals surface area contributed by atoms with Crippen LogP contribution in [0.1, 0.15) is 32.6 Å². The van der Waals surface area contributed by atoms with Gasteiger partial charge in [0.1, 0.15) is 0 Å². The van der Waals surface area contributed by atoms with Gasteiger partial charge in [-0.1, -0.05) is 31.1 Å². The Labute approximate surface area is 103 Å². The summed E-state index contributed by atoms with van der Waals surface area (Å²) in [4.78, 5) is 0. The van der Waals surface area contributed by atoms with Crippen LogP contribution < -0.4 is 5.32 Å². The molecule has 1 heterocycles. The van der Waals surface area contributed by atoms with Crippen molar-refractivity contribution in [3.05, 3.63) is 3.92 Å².